The Balaban J connectivity index is 2.05. The first kappa shape index (κ1) is 13.5. The molecule has 1 saturated heterocycles. The SMILES string of the molecule is Cc1cc(C)c(C2C(=O)[C@H]3CN(C)O[C@H]3C2=O)c(C)c1. The van der Waals surface area contributed by atoms with Gasteiger partial charge in [-0.2, -0.15) is 5.06 Å². The van der Waals surface area contributed by atoms with Crippen molar-refractivity contribution in [2.24, 2.45) is 5.92 Å². The van der Waals surface area contributed by atoms with Crippen LogP contribution in [-0.2, 0) is 14.4 Å². The number of Topliss-reactive ketones (excluding diaryl/α,β-unsaturated/α-hetero) is 2. The predicted octanol–water partition coefficient (Wildman–Crippen LogP) is 1.71. The molecule has 4 nitrogen and oxygen atoms in total. The fourth-order valence-electron chi connectivity index (χ4n) is 3.62. The van der Waals surface area contributed by atoms with Gasteiger partial charge in [-0.05, 0) is 37.5 Å². The molecule has 1 heterocycles. The number of carbonyl (C=O) groups excluding carboxylic acids is 2. The van der Waals surface area contributed by atoms with Gasteiger partial charge in [0, 0.05) is 13.6 Å². The lowest BCUT2D eigenvalue weighted by Gasteiger charge is -2.18. The van der Waals surface area contributed by atoms with Crippen LogP contribution in [0.3, 0.4) is 0 Å². The number of hydrogen-bond acceptors (Lipinski definition) is 4. The summed E-state index contributed by atoms with van der Waals surface area (Å²) in [6.07, 6.45) is -0.586. The van der Waals surface area contributed by atoms with E-state index in [4.69, 9.17) is 4.84 Å². The highest BCUT2D eigenvalue weighted by Gasteiger charge is 2.55. The summed E-state index contributed by atoms with van der Waals surface area (Å²) in [5.41, 5.74) is 4.06. The molecule has 1 aliphatic heterocycles. The Morgan fingerprint density at radius 1 is 1.10 bits per heavy atom. The van der Waals surface area contributed by atoms with Crippen LogP contribution in [0.15, 0.2) is 12.1 Å². The first-order chi connectivity index (χ1) is 9.40. The molecule has 3 rings (SSSR count). The molecule has 3 atom stereocenters. The Bertz CT molecular complexity index is 561. The van der Waals surface area contributed by atoms with Gasteiger partial charge in [-0.25, -0.2) is 0 Å². The van der Waals surface area contributed by atoms with E-state index >= 15 is 0 Å². The number of ketones is 2. The van der Waals surface area contributed by atoms with Crippen molar-refractivity contribution in [2.75, 3.05) is 13.6 Å². The highest BCUT2D eigenvalue weighted by Crippen LogP contribution is 2.40. The number of nitrogens with zero attached hydrogens (tertiary/aromatic N) is 1. The molecule has 0 amide bonds. The molecule has 4 heteroatoms. The van der Waals surface area contributed by atoms with E-state index in [1.165, 1.54) is 0 Å². The van der Waals surface area contributed by atoms with E-state index in [9.17, 15) is 9.59 Å². The Kier molecular flexibility index (Phi) is 3.03. The second-order valence-corrected chi connectivity index (χ2v) is 5.99. The molecule has 2 aliphatic rings. The van der Waals surface area contributed by atoms with E-state index in [-0.39, 0.29) is 17.5 Å². The molecule has 1 unspecified atom stereocenters. The zero-order chi connectivity index (χ0) is 14.6. The Labute approximate surface area is 118 Å². The largest absolute Gasteiger partial charge is 0.298 e. The van der Waals surface area contributed by atoms with Crippen LogP contribution < -0.4 is 0 Å². The van der Waals surface area contributed by atoms with Gasteiger partial charge in [0.1, 0.15) is 12.0 Å². The van der Waals surface area contributed by atoms with E-state index in [2.05, 4.69) is 0 Å². The van der Waals surface area contributed by atoms with Crippen molar-refractivity contribution in [3.05, 3.63) is 34.4 Å². The molecule has 0 aromatic heterocycles. The third-order valence-corrected chi connectivity index (χ3v) is 4.35. The molecule has 0 N–H and O–H groups in total. The van der Waals surface area contributed by atoms with Gasteiger partial charge < -0.3 is 0 Å². The summed E-state index contributed by atoms with van der Waals surface area (Å²) in [6.45, 7) is 6.47. The van der Waals surface area contributed by atoms with Gasteiger partial charge in [0.05, 0.1) is 5.92 Å². The summed E-state index contributed by atoms with van der Waals surface area (Å²) in [6, 6.07) is 4.06. The minimum atomic E-state index is -0.640. The predicted molar refractivity (Wildman–Crippen MR) is 74.4 cm³/mol. The number of benzene rings is 1. The van der Waals surface area contributed by atoms with E-state index in [1.54, 1.807) is 12.1 Å². The summed E-state index contributed by atoms with van der Waals surface area (Å²) in [4.78, 5) is 30.7. The van der Waals surface area contributed by atoms with Crippen molar-refractivity contribution in [1.82, 2.24) is 5.06 Å². The molecule has 2 fully saturated rings. The average molecular weight is 273 g/mol. The Morgan fingerprint density at radius 3 is 2.25 bits per heavy atom. The number of fused-ring (bicyclic) bond motifs is 1. The topological polar surface area (TPSA) is 46.6 Å². The standard InChI is InChI=1S/C16H19NO3/c1-8-5-9(2)12(10(3)6-8)13-14(18)11-7-17(4)20-16(11)15(13)19/h5-6,11,13,16H,7H2,1-4H3/t11-,13?,16-/m1/s1. The fraction of sp³-hybridized carbons (Fsp3) is 0.500. The molecule has 0 bridgehead atoms. The van der Waals surface area contributed by atoms with Gasteiger partial charge in [-0.3, -0.25) is 14.4 Å². The molecule has 0 spiro atoms. The van der Waals surface area contributed by atoms with Gasteiger partial charge >= 0.3 is 0 Å². The molecule has 0 radical (unpaired) electrons. The summed E-state index contributed by atoms with van der Waals surface area (Å²) in [5, 5.41) is 1.59. The molecule has 20 heavy (non-hydrogen) atoms. The zero-order valence-corrected chi connectivity index (χ0v) is 12.3. The number of carbonyl (C=O) groups is 2. The van der Waals surface area contributed by atoms with Crippen molar-refractivity contribution in [3.63, 3.8) is 0 Å². The molecule has 1 aromatic carbocycles. The van der Waals surface area contributed by atoms with Crippen molar-refractivity contribution >= 4 is 11.6 Å². The zero-order valence-electron chi connectivity index (χ0n) is 12.3. The van der Waals surface area contributed by atoms with Gasteiger partial charge in [0.25, 0.3) is 0 Å². The highest BCUT2D eigenvalue weighted by atomic mass is 16.7. The van der Waals surface area contributed by atoms with E-state index < -0.39 is 12.0 Å². The van der Waals surface area contributed by atoms with E-state index in [0.29, 0.717) is 6.54 Å². The van der Waals surface area contributed by atoms with Gasteiger partial charge in [0.2, 0.25) is 0 Å². The van der Waals surface area contributed by atoms with Crippen LogP contribution in [-0.4, -0.2) is 36.3 Å². The van der Waals surface area contributed by atoms with Crippen LogP contribution in [0.1, 0.15) is 28.2 Å². The maximum absolute atomic E-state index is 12.6. The molecule has 1 aliphatic carbocycles. The van der Waals surface area contributed by atoms with Crippen molar-refractivity contribution in [2.45, 2.75) is 32.8 Å². The smallest absolute Gasteiger partial charge is 0.179 e. The van der Waals surface area contributed by atoms with E-state index in [1.807, 2.05) is 32.9 Å². The third-order valence-electron chi connectivity index (χ3n) is 4.35. The lowest BCUT2D eigenvalue weighted by molar-refractivity contribution is -0.154. The van der Waals surface area contributed by atoms with Crippen molar-refractivity contribution in [3.8, 4) is 0 Å². The van der Waals surface area contributed by atoms with Gasteiger partial charge in [0.15, 0.2) is 11.6 Å². The minimum absolute atomic E-state index is 0.0133. The third kappa shape index (κ3) is 1.83. The van der Waals surface area contributed by atoms with Gasteiger partial charge in [-0.15, -0.1) is 0 Å². The monoisotopic (exact) mass is 273 g/mol. The highest BCUT2D eigenvalue weighted by molar-refractivity contribution is 6.17. The maximum Gasteiger partial charge on any atom is 0.179 e. The van der Waals surface area contributed by atoms with Crippen molar-refractivity contribution in [1.29, 1.82) is 0 Å². The first-order valence-electron chi connectivity index (χ1n) is 6.93. The number of aryl methyl sites for hydroxylation is 3. The number of rotatable bonds is 1. The molecular formula is C16H19NO3. The van der Waals surface area contributed by atoms with Crippen LogP contribution in [0.25, 0.3) is 0 Å². The minimum Gasteiger partial charge on any atom is -0.298 e. The summed E-state index contributed by atoms with van der Waals surface area (Å²) < 4.78 is 0. The van der Waals surface area contributed by atoms with Crippen LogP contribution in [0.2, 0.25) is 0 Å². The normalized spacial score (nSPS) is 30.1. The van der Waals surface area contributed by atoms with Crippen molar-refractivity contribution < 1.29 is 14.4 Å². The molecule has 1 aromatic rings. The lowest BCUT2D eigenvalue weighted by atomic mass is 9.86. The van der Waals surface area contributed by atoms with Crippen LogP contribution in [0, 0.1) is 26.7 Å². The lowest BCUT2D eigenvalue weighted by Crippen LogP contribution is -2.25. The second-order valence-electron chi connectivity index (χ2n) is 5.99. The van der Waals surface area contributed by atoms with Crippen LogP contribution in [0.5, 0.6) is 0 Å². The summed E-state index contributed by atoms with van der Waals surface area (Å²) in [7, 11) is 1.76. The first-order valence-corrected chi connectivity index (χ1v) is 6.93. The second kappa shape index (κ2) is 4.50. The fourth-order valence-corrected chi connectivity index (χ4v) is 3.62. The summed E-state index contributed by atoms with van der Waals surface area (Å²) in [5.74, 6) is -1.02. The quantitative estimate of drug-likeness (QED) is 0.731. The molecule has 1 saturated carbocycles. The maximum atomic E-state index is 12.6. The average Bonchev–Trinajstić information content (AvgIpc) is 2.82. The van der Waals surface area contributed by atoms with Gasteiger partial charge in [-0.1, -0.05) is 17.7 Å². The van der Waals surface area contributed by atoms with E-state index in [0.717, 1.165) is 22.3 Å². The molecular weight excluding hydrogens is 254 g/mol. The van der Waals surface area contributed by atoms with Crippen LogP contribution in [0.4, 0.5) is 0 Å². The number of hydrogen-bond donors (Lipinski definition) is 0. The van der Waals surface area contributed by atoms with Crippen LogP contribution >= 0.6 is 0 Å². The Hall–Kier alpha value is -1.52. The summed E-state index contributed by atoms with van der Waals surface area (Å²) >= 11 is 0. The Morgan fingerprint density at radius 2 is 1.70 bits per heavy atom. The number of hydroxylamine groups is 2. The molecule has 106 valence electrons.